The Hall–Kier alpha value is -2.22. The summed E-state index contributed by atoms with van der Waals surface area (Å²) < 4.78 is 5.85. The molecule has 0 aliphatic heterocycles. The monoisotopic (exact) mass is 269 g/mol. The number of pyridine rings is 1. The third-order valence-electron chi connectivity index (χ3n) is 2.32. The lowest BCUT2D eigenvalue weighted by atomic mass is 10.3. The molecule has 1 unspecified atom stereocenters. The summed E-state index contributed by atoms with van der Waals surface area (Å²) in [7, 11) is 1.51. The van der Waals surface area contributed by atoms with E-state index >= 15 is 0 Å². The SMILES string of the molecule is COCC(C)NC(=O)Cn1cc([N+](=O)[O-])ccc1=O. The first-order chi connectivity index (χ1) is 8.93. The van der Waals surface area contributed by atoms with E-state index in [0.717, 1.165) is 22.9 Å². The predicted molar refractivity (Wildman–Crippen MR) is 66.8 cm³/mol. The van der Waals surface area contributed by atoms with Crippen LogP contribution in [0.15, 0.2) is 23.1 Å². The minimum Gasteiger partial charge on any atom is -0.383 e. The fourth-order valence-electron chi connectivity index (χ4n) is 1.52. The van der Waals surface area contributed by atoms with Crippen LogP contribution in [0, 0.1) is 10.1 Å². The number of aromatic nitrogens is 1. The van der Waals surface area contributed by atoms with Crippen molar-refractivity contribution in [3.63, 3.8) is 0 Å². The Bertz CT molecular complexity index is 525. The third-order valence-corrected chi connectivity index (χ3v) is 2.32. The summed E-state index contributed by atoms with van der Waals surface area (Å²) in [6, 6.07) is 1.96. The molecule has 1 heterocycles. The zero-order valence-electron chi connectivity index (χ0n) is 10.7. The van der Waals surface area contributed by atoms with E-state index in [1.165, 1.54) is 7.11 Å². The van der Waals surface area contributed by atoms with Crippen molar-refractivity contribution in [1.29, 1.82) is 0 Å². The highest BCUT2D eigenvalue weighted by Gasteiger charge is 2.12. The molecular weight excluding hydrogens is 254 g/mol. The van der Waals surface area contributed by atoms with Crippen LogP contribution in [0.1, 0.15) is 6.92 Å². The molecule has 1 amide bonds. The Morgan fingerprint density at radius 1 is 1.58 bits per heavy atom. The maximum absolute atomic E-state index is 11.6. The van der Waals surface area contributed by atoms with Gasteiger partial charge in [0, 0.05) is 25.3 Å². The second-order valence-corrected chi connectivity index (χ2v) is 4.03. The van der Waals surface area contributed by atoms with Crippen molar-refractivity contribution < 1.29 is 14.5 Å². The van der Waals surface area contributed by atoms with Crippen molar-refractivity contribution in [2.75, 3.05) is 13.7 Å². The summed E-state index contributed by atoms with van der Waals surface area (Å²) in [6.07, 6.45) is 1.04. The minimum atomic E-state index is -0.624. The lowest BCUT2D eigenvalue weighted by Crippen LogP contribution is -2.39. The molecule has 8 nitrogen and oxygen atoms in total. The van der Waals surface area contributed by atoms with Crippen molar-refractivity contribution in [2.24, 2.45) is 0 Å². The topological polar surface area (TPSA) is 103 Å². The van der Waals surface area contributed by atoms with Gasteiger partial charge < -0.3 is 10.1 Å². The minimum absolute atomic E-state index is 0.202. The molecule has 0 radical (unpaired) electrons. The van der Waals surface area contributed by atoms with Crippen molar-refractivity contribution in [3.8, 4) is 0 Å². The molecule has 1 aromatic heterocycles. The molecule has 0 aromatic carbocycles. The number of nitrogens with zero attached hydrogens (tertiary/aromatic N) is 2. The van der Waals surface area contributed by atoms with E-state index < -0.39 is 16.4 Å². The molecule has 0 bridgehead atoms. The van der Waals surface area contributed by atoms with Crippen molar-refractivity contribution in [2.45, 2.75) is 19.5 Å². The Morgan fingerprint density at radius 3 is 2.84 bits per heavy atom. The van der Waals surface area contributed by atoms with E-state index in [0.29, 0.717) is 6.61 Å². The van der Waals surface area contributed by atoms with Gasteiger partial charge in [0.05, 0.1) is 17.7 Å². The zero-order chi connectivity index (χ0) is 14.4. The lowest BCUT2D eigenvalue weighted by molar-refractivity contribution is -0.385. The first-order valence-electron chi connectivity index (χ1n) is 5.57. The highest BCUT2D eigenvalue weighted by atomic mass is 16.6. The second kappa shape index (κ2) is 6.64. The number of amides is 1. The van der Waals surface area contributed by atoms with Crippen molar-refractivity contribution in [1.82, 2.24) is 9.88 Å². The maximum Gasteiger partial charge on any atom is 0.285 e. The summed E-state index contributed by atoms with van der Waals surface area (Å²) in [5, 5.41) is 13.2. The summed E-state index contributed by atoms with van der Waals surface area (Å²) in [5.41, 5.74) is -0.711. The molecule has 0 aliphatic carbocycles. The number of methoxy groups -OCH3 is 1. The van der Waals surface area contributed by atoms with E-state index in [9.17, 15) is 19.7 Å². The van der Waals surface area contributed by atoms with Gasteiger partial charge in [0.1, 0.15) is 6.54 Å². The number of nitrogens with one attached hydrogen (secondary N) is 1. The molecule has 1 N–H and O–H groups in total. The Labute approximate surface area is 109 Å². The maximum atomic E-state index is 11.6. The van der Waals surface area contributed by atoms with Crippen LogP contribution in [0.2, 0.25) is 0 Å². The van der Waals surface area contributed by atoms with E-state index in [4.69, 9.17) is 4.74 Å². The smallest absolute Gasteiger partial charge is 0.285 e. The van der Waals surface area contributed by atoms with Crippen LogP contribution in [-0.2, 0) is 16.1 Å². The van der Waals surface area contributed by atoms with E-state index in [1.54, 1.807) is 6.92 Å². The van der Waals surface area contributed by atoms with Gasteiger partial charge in [-0.3, -0.25) is 24.3 Å². The quantitative estimate of drug-likeness (QED) is 0.574. The molecule has 0 saturated carbocycles. The van der Waals surface area contributed by atoms with Crippen LogP contribution >= 0.6 is 0 Å². The van der Waals surface area contributed by atoms with Gasteiger partial charge in [0.15, 0.2) is 0 Å². The standard InChI is InChI=1S/C11H15N3O5/c1-8(7-19-2)12-10(15)6-13-5-9(14(17)18)3-4-11(13)16/h3-5,8H,6-7H2,1-2H3,(H,12,15). The number of hydrogen-bond donors (Lipinski definition) is 1. The summed E-state index contributed by atoms with van der Waals surface area (Å²) in [4.78, 5) is 33.1. The van der Waals surface area contributed by atoms with Crippen LogP contribution in [0.25, 0.3) is 0 Å². The Kier molecular flexibility index (Phi) is 5.19. The van der Waals surface area contributed by atoms with Gasteiger partial charge in [-0.05, 0) is 6.92 Å². The summed E-state index contributed by atoms with van der Waals surface area (Å²) in [6.45, 7) is 1.82. The Morgan fingerprint density at radius 2 is 2.26 bits per heavy atom. The number of rotatable bonds is 6. The normalized spacial score (nSPS) is 11.9. The molecule has 0 saturated heterocycles. The van der Waals surface area contributed by atoms with Crippen LogP contribution in [-0.4, -0.2) is 35.2 Å². The first kappa shape index (κ1) is 14.8. The summed E-state index contributed by atoms with van der Waals surface area (Å²) >= 11 is 0. The fourth-order valence-corrected chi connectivity index (χ4v) is 1.52. The van der Waals surface area contributed by atoms with Crippen LogP contribution in [0.3, 0.4) is 0 Å². The van der Waals surface area contributed by atoms with Gasteiger partial charge in [-0.2, -0.15) is 0 Å². The third kappa shape index (κ3) is 4.51. The molecule has 1 rings (SSSR count). The van der Waals surface area contributed by atoms with Crippen molar-refractivity contribution >= 4 is 11.6 Å². The predicted octanol–water partition coefficient (Wildman–Crippen LogP) is -0.0924. The van der Waals surface area contributed by atoms with Crippen LogP contribution in [0.5, 0.6) is 0 Å². The van der Waals surface area contributed by atoms with Crippen LogP contribution in [0.4, 0.5) is 5.69 Å². The Balaban J connectivity index is 2.76. The average molecular weight is 269 g/mol. The number of carbonyl (C=O) groups is 1. The lowest BCUT2D eigenvalue weighted by Gasteiger charge is -2.13. The van der Waals surface area contributed by atoms with Gasteiger partial charge in [-0.25, -0.2) is 0 Å². The largest absolute Gasteiger partial charge is 0.383 e. The van der Waals surface area contributed by atoms with Gasteiger partial charge in [-0.15, -0.1) is 0 Å². The number of nitro groups is 1. The number of ether oxygens (including phenoxy) is 1. The second-order valence-electron chi connectivity index (χ2n) is 4.03. The fraction of sp³-hybridized carbons (Fsp3) is 0.455. The summed E-state index contributed by atoms with van der Waals surface area (Å²) in [5.74, 6) is -0.410. The van der Waals surface area contributed by atoms with Crippen LogP contribution < -0.4 is 10.9 Å². The molecule has 0 fully saturated rings. The van der Waals surface area contributed by atoms with E-state index in [-0.39, 0.29) is 18.3 Å². The van der Waals surface area contributed by atoms with Gasteiger partial charge >= 0.3 is 0 Å². The van der Waals surface area contributed by atoms with Crippen molar-refractivity contribution in [3.05, 3.63) is 38.8 Å². The molecule has 1 atom stereocenters. The molecule has 19 heavy (non-hydrogen) atoms. The molecule has 104 valence electrons. The average Bonchev–Trinajstić information content (AvgIpc) is 2.31. The number of carbonyl (C=O) groups excluding carboxylic acids is 1. The van der Waals surface area contributed by atoms with Gasteiger partial charge in [0.25, 0.3) is 11.2 Å². The molecule has 0 aliphatic rings. The molecular formula is C11H15N3O5. The molecule has 8 heteroatoms. The van der Waals surface area contributed by atoms with E-state index in [2.05, 4.69) is 5.32 Å². The highest BCUT2D eigenvalue weighted by Crippen LogP contribution is 2.06. The first-order valence-corrected chi connectivity index (χ1v) is 5.57. The number of hydrogen-bond acceptors (Lipinski definition) is 5. The zero-order valence-corrected chi connectivity index (χ0v) is 10.7. The highest BCUT2D eigenvalue weighted by molar-refractivity contribution is 5.76. The molecule has 0 spiro atoms. The van der Waals surface area contributed by atoms with E-state index in [1.807, 2.05) is 0 Å². The molecule has 1 aromatic rings. The van der Waals surface area contributed by atoms with Gasteiger partial charge in [0.2, 0.25) is 5.91 Å². The van der Waals surface area contributed by atoms with Gasteiger partial charge in [-0.1, -0.05) is 0 Å².